The predicted octanol–water partition coefficient (Wildman–Crippen LogP) is 6.39. The van der Waals surface area contributed by atoms with Crippen LogP contribution in [0.25, 0.3) is 11.0 Å². The molecule has 148 valence electrons. The van der Waals surface area contributed by atoms with Crippen LogP contribution in [0.1, 0.15) is 17.0 Å². The number of fused-ring (bicyclic) bond motifs is 1. The zero-order valence-electron chi connectivity index (χ0n) is 15.4. The van der Waals surface area contributed by atoms with Crippen LogP contribution in [0.3, 0.4) is 0 Å². The Balaban J connectivity index is 1.41. The van der Waals surface area contributed by atoms with Gasteiger partial charge in [-0.2, -0.15) is 0 Å². The molecule has 0 aliphatic rings. The molecule has 0 unspecified atom stereocenters. The van der Waals surface area contributed by atoms with Crippen molar-refractivity contribution in [2.75, 3.05) is 0 Å². The molecule has 0 spiro atoms. The van der Waals surface area contributed by atoms with Crippen molar-refractivity contribution in [2.24, 2.45) is 0 Å². The van der Waals surface area contributed by atoms with Crippen LogP contribution >= 0.6 is 34.8 Å². The van der Waals surface area contributed by atoms with E-state index in [-0.39, 0.29) is 0 Å². The summed E-state index contributed by atoms with van der Waals surface area (Å²) in [6.07, 6.45) is 0. The van der Waals surface area contributed by atoms with Crippen LogP contribution < -0.4 is 10.1 Å². The fourth-order valence-corrected chi connectivity index (χ4v) is 3.54. The van der Waals surface area contributed by atoms with Crippen LogP contribution in [0, 0.1) is 0 Å². The number of hydrogen-bond donors (Lipinski definition) is 2. The Bertz CT molecular complexity index is 1110. The van der Waals surface area contributed by atoms with E-state index in [4.69, 9.17) is 39.5 Å². The minimum Gasteiger partial charge on any atom is -0.489 e. The lowest BCUT2D eigenvalue weighted by Crippen LogP contribution is -2.14. The average Bonchev–Trinajstić information content (AvgIpc) is 3.13. The molecule has 4 aromatic rings. The molecule has 0 aliphatic carbocycles. The first-order valence-electron chi connectivity index (χ1n) is 9.08. The van der Waals surface area contributed by atoms with Crippen LogP contribution in [0.4, 0.5) is 0 Å². The maximum absolute atomic E-state index is 6.19. The van der Waals surface area contributed by atoms with Gasteiger partial charge in [-0.05, 0) is 48.0 Å². The molecule has 0 saturated heterocycles. The van der Waals surface area contributed by atoms with Gasteiger partial charge in [-0.15, -0.1) is 0 Å². The van der Waals surface area contributed by atoms with Gasteiger partial charge in [-0.3, -0.25) is 0 Å². The van der Waals surface area contributed by atoms with Crippen LogP contribution in [-0.4, -0.2) is 9.97 Å². The van der Waals surface area contributed by atoms with Gasteiger partial charge in [0.1, 0.15) is 18.2 Å². The monoisotopic (exact) mass is 445 g/mol. The summed E-state index contributed by atoms with van der Waals surface area (Å²) in [6, 6.07) is 19.0. The summed E-state index contributed by atoms with van der Waals surface area (Å²) in [7, 11) is 0. The van der Waals surface area contributed by atoms with Crippen LogP contribution in [0.2, 0.25) is 15.1 Å². The SMILES string of the molecule is Clc1ccc(OCc2ccc(Cl)c(Cl)c2)c(CNCc2nc3ccccc3[nH]2)c1. The van der Waals surface area contributed by atoms with Crippen molar-refractivity contribution < 1.29 is 4.74 Å². The second kappa shape index (κ2) is 9.06. The molecule has 3 aromatic carbocycles. The Morgan fingerprint density at radius 1 is 0.897 bits per heavy atom. The summed E-state index contributed by atoms with van der Waals surface area (Å²) in [4.78, 5) is 7.89. The highest BCUT2D eigenvalue weighted by Gasteiger charge is 2.08. The van der Waals surface area contributed by atoms with Crippen LogP contribution in [-0.2, 0) is 19.7 Å². The van der Waals surface area contributed by atoms with Crippen molar-refractivity contribution in [3.8, 4) is 5.75 Å². The topological polar surface area (TPSA) is 49.9 Å². The third kappa shape index (κ3) is 5.03. The second-order valence-electron chi connectivity index (χ2n) is 6.59. The van der Waals surface area contributed by atoms with Gasteiger partial charge in [0.25, 0.3) is 0 Å². The summed E-state index contributed by atoms with van der Waals surface area (Å²) in [5.74, 6) is 1.64. The number of nitrogens with zero attached hydrogens (tertiary/aromatic N) is 1. The molecule has 0 amide bonds. The van der Waals surface area contributed by atoms with E-state index in [0.29, 0.717) is 34.8 Å². The lowest BCUT2D eigenvalue weighted by molar-refractivity contribution is 0.302. The molecule has 1 aromatic heterocycles. The van der Waals surface area contributed by atoms with E-state index in [1.54, 1.807) is 12.1 Å². The highest BCUT2D eigenvalue weighted by Crippen LogP contribution is 2.26. The number of imidazole rings is 1. The first-order valence-corrected chi connectivity index (χ1v) is 10.2. The van der Waals surface area contributed by atoms with E-state index in [9.17, 15) is 0 Å². The molecule has 0 bridgehead atoms. The third-order valence-electron chi connectivity index (χ3n) is 4.45. The van der Waals surface area contributed by atoms with Crippen molar-refractivity contribution in [1.82, 2.24) is 15.3 Å². The van der Waals surface area contributed by atoms with Gasteiger partial charge < -0.3 is 15.0 Å². The smallest absolute Gasteiger partial charge is 0.124 e. The Labute approximate surface area is 183 Å². The summed E-state index contributed by atoms with van der Waals surface area (Å²) >= 11 is 18.2. The maximum atomic E-state index is 6.19. The molecule has 2 N–H and O–H groups in total. The second-order valence-corrected chi connectivity index (χ2v) is 7.84. The molecule has 1 heterocycles. The minimum atomic E-state index is 0.384. The summed E-state index contributed by atoms with van der Waals surface area (Å²) in [5.41, 5.74) is 3.89. The lowest BCUT2D eigenvalue weighted by Gasteiger charge is -2.13. The van der Waals surface area contributed by atoms with E-state index in [0.717, 1.165) is 33.7 Å². The molecular weight excluding hydrogens is 429 g/mol. The standard InChI is InChI=1S/C22H18Cl3N3O/c23-16-6-8-21(29-13-14-5-7-17(24)18(25)9-14)15(10-16)11-26-12-22-27-19-3-1-2-4-20(19)28-22/h1-10,26H,11-13H2,(H,27,28). The quantitative estimate of drug-likeness (QED) is 0.346. The minimum absolute atomic E-state index is 0.384. The predicted molar refractivity (Wildman–Crippen MR) is 119 cm³/mol. The lowest BCUT2D eigenvalue weighted by atomic mass is 10.2. The number of para-hydroxylation sites is 2. The Kier molecular flexibility index (Phi) is 6.26. The van der Waals surface area contributed by atoms with Gasteiger partial charge in [0.05, 0.1) is 27.6 Å². The number of hydrogen-bond acceptors (Lipinski definition) is 3. The number of rotatable bonds is 7. The van der Waals surface area contributed by atoms with Crippen molar-refractivity contribution >= 4 is 45.8 Å². The van der Waals surface area contributed by atoms with Gasteiger partial charge >= 0.3 is 0 Å². The Morgan fingerprint density at radius 2 is 1.76 bits per heavy atom. The van der Waals surface area contributed by atoms with Gasteiger partial charge in [0, 0.05) is 17.1 Å². The van der Waals surface area contributed by atoms with Crippen LogP contribution in [0.5, 0.6) is 5.75 Å². The summed E-state index contributed by atoms with van der Waals surface area (Å²) in [6.45, 7) is 1.58. The zero-order chi connectivity index (χ0) is 20.2. The van der Waals surface area contributed by atoms with Crippen molar-refractivity contribution in [1.29, 1.82) is 0 Å². The molecule has 0 aliphatic heterocycles. The summed E-state index contributed by atoms with van der Waals surface area (Å²) in [5, 5.41) is 5.09. The van der Waals surface area contributed by atoms with E-state index >= 15 is 0 Å². The molecule has 29 heavy (non-hydrogen) atoms. The first kappa shape index (κ1) is 20.0. The first-order chi connectivity index (χ1) is 14.1. The number of aromatic amines is 1. The molecule has 0 radical (unpaired) electrons. The number of halogens is 3. The third-order valence-corrected chi connectivity index (χ3v) is 5.42. The molecule has 0 fully saturated rings. The van der Waals surface area contributed by atoms with Crippen LogP contribution in [0.15, 0.2) is 60.7 Å². The number of ether oxygens (including phenoxy) is 1. The summed E-state index contributed by atoms with van der Waals surface area (Å²) < 4.78 is 6.00. The number of H-pyrrole nitrogens is 1. The van der Waals surface area contributed by atoms with Gasteiger partial charge in [0.2, 0.25) is 0 Å². The van der Waals surface area contributed by atoms with E-state index in [1.165, 1.54) is 0 Å². The molecular formula is C22H18Cl3N3O. The maximum Gasteiger partial charge on any atom is 0.124 e. The van der Waals surface area contributed by atoms with Crippen molar-refractivity contribution in [2.45, 2.75) is 19.7 Å². The molecule has 0 atom stereocenters. The molecule has 4 nitrogen and oxygen atoms in total. The highest BCUT2D eigenvalue weighted by atomic mass is 35.5. The van der Waals surface area contributed by atoms with Gasteiger partial charge in [-0.1, -0.05) is 53.0 Å². The molecule has 4 rings (SSSR count). The zero-order valence-corrected chi connectivity index (χ0v) is 17.7. The molecule has 0 saturated carbocycles. The normalized spacial score (nSPS) is 11.1. The Hall–Kier alpha value is -2.24. The molecule has 7 heteroatoms. The Morgan fingerprint density at radius 3 is 2.59 bits per heavy atom. The average molecular weight is 447 g/mol. The van der Waals surface area contributed by atoms with E-state index in [1.807, 2.05) is 48.5 Å². The van der Waals surface area contributed by atoms with Crippen molar-refractivity contribution in [3.05, 3.63) is 92.7 Å². The van der Waals surface area contributed by atoms with Gasteiger partial charge in [-0.25, -0.2) is 4.98 Å². The van der Waals surface area contributed by atoms with E-state index < -0.39 is 0 Å². The number of aromatic nitrogens is 2. The largest absolute Gasteiger partial charge is 0.489 e. The highest BCUT2D eigenvalue weighted by molar-refractivity contribution is 6.42. The van der Waals surface area contributed by atoms with E-state index in [2.05, 4.69) is 15.3 Å². The fourth-order valence-electron chi connectivity index (χ4n) is 3.02. The van der Waals surface area contributed by atoms with Gasteiger partial charge in [0.15, 0.2) is 0 Å². The number of nitrogens with one attached hydrogen (secondary N) is 2. The fraction of sp³-hybridized carbons (Fsp3) is 0.136. The van der Waals surface area contributed by atoms with Crippen molar-refractivity contribution in [3.63, 3.8) is 0 Å². The number of benzene rings is 3.